The van der Waals surface area contributed by atoms with E-state index in [1.807, 2.05) is 24.5 Å². The van der Waals surface area contributed by atoms with Crippen molar-refractivity contribution >= 4 is 40.9 Å². The number of hydrogen-bond donors (Lipinski definition) is 3. The molecule has 2 heterocycles. The standard InChI is InChI=1S/C17H20N4O2S2/c1-9-7-11(8-19-20-17(18)24)10(2)21(9)15-14(16(22)23)12-5-3-4-6-13(12)25-15/h7-8H,3-6H2,1-2H3,(H,22,23)(H3,18,20,24)/b19-8-. The van der Waals surface area contributed by atoms with Crippen molar-refractivity contribution in [2.75, 3.05) is 0 Å². The van der Waals surface area contributed by atoms with Gasteiger partial charge in [0.25, 0.3) is 0 Å². The Balaban J connectivity index is 2.10. The van der Waals surface area contributed by atoms with E-state index >= 15 is 0 Å². The highest BCUT2D eigenvalue weighted by atomic mass is 32.1. The number of nitrogens with one attached hydrogen (secondary N) is 1. The Kier molecular flexibility index (Phi) is 4.91. The lowest BCUT2D eigenvalue weighted by atomic mass is 9.95. The Bertz CT molecular complexity index is 880. The summed E-state index contributed by atoms with van der Waals surface area (Å²) in [7, 11) is 0. The Hall–Kier alpha value is -2.19. The zero-order valence-corrected chi connectivity index (χ0v) is 15.8. The van der Waals surface area contributed by atoms with Gasteiger partial charge in [-0.15, -0.1) is 11.3 Å². The van der Waals surface area contributed by atoms with E-state index in [9.17, 15) is 9.90 Å². The Morgan fingerprint density at radius 2 is 2.16 bits per heavy atom. The summed E-state index contributed by atoms with van der Waals surface area (Å²) in [5.41, 5.74) is 12.2. The summed E-state index contributed by atoms with van der Waals surface area (Å²) in [5, 5.41) is 14.7. The number of hydrogen-bond acceptors (Lipinski definition) is 4. The number of carboxylic acid groups (broad SMARTS) is 1. The maximum Gasteiger partial charge on any atom is 0.339 e. The highest BCUT2D eigenvalue weighted by Gasteiger charge is 2.27. The summed E-state index contributed by atoms with van der Waals surface area (Å²) in [5.74, 6) is -0.854. The predicted molar refractivity (Wildman–Crippen MR) is 104 cm³/mol. The van der Waals surface area contributed by atoms with Gasteiger partial charge in [0, 0.05) is 21.8 Å². The minimum atomic E-state index is -0.854. The SMILES string of the molecule is Cc1cc(/C=N\NC(N)=S)c(C)n1-c1sc2c(c1C(=O)O)CCCC2. The third kappa shape index (κ3) is 3.32. The smallest absolute Gasteiger partial charge is 0.339 e. The molecule has 132 valence electrons. The van der Waals surface area contributed by atoms with Crippen molar-refractivity contribution in [2.24, 2.45) is 10.8 Å². The van der Waals surface area contributed by atoms with Gasteiger partial charge in [-0.2, -0.15) is 5.10 Å². The van der Waals surface area contributed by atoms with Crippen LogP contribution in [0.1, 0.15) is 50.6 Å². The molecule has 0 saturated carbocycles. The fraction of sp³-hybridized carbons (Fsp3) is 0.353. The van der Waals surface area contributed by atoms with Crippen LogP contribution in [0.4, 0.5) is 0 Å². The molecule has 0 unspecified atom stereocenters. The van der Waals surface area contributed by atoms with Crippen LogP contribution in [-0.4, -0.2) is 27.0 Å². The van der Waals surface area contributed by atoms with Gasteiger partial charge >= 0.3 is 5.97 Å². The molecule has 0 saturated heterocycles. The Labute approximate surface area is 155 Å². The summed E-state index contributed by atoms with van der Waals surface area (Å²) in [6.07, 6.45) is 5.63. The van der Waals surface area contributed by atoms with E-state index in [2.05, 4.69) is 10.5 Å². The largest absolute Gasteiger partial charge is 0.478 e. The van der Waals surface area contributed by atoms with Crippen LogP contribution in [-0.2, 0) is 12.8 Å². The molecule has 0 aromatic carbocycles. The molecule has 2 aromatic rings. The zero-order chi connectivity index (χ0) is 18.1. The molecule has 0 fully saturated rings. The third-order valence-electron chi connectivity index (χ3n) is 4.42. The van der Waals surface area contributed by atoms with Crippen LogP contribution in [0.15, 0.2) is 11.2 Å². The minimum Gasteiger partial charge on any atom is -0.478 e. The summed E-state index contributed by atoms with van der Waals surface area (Å²) in [4.78, 5) is 13.1. The fourth-order valence-electron chi connectivity index (χ4n) is 3.33. The first-order chi connectivity index (χ1) is 11.9. The number of carboxylic acids is 1. The number of fused-ring (bicyclic) bond motifs is 1. The summed E-state index contributed by atoms with van der Waals surface area (Å²) >= 11 is 6.33. The summed E-state index contributed by atoms with van der Waals surface area (Å²) in [6.45, 7) is 3.93. The molecule has 2 aromatic heterocycles. The molecule has 1 aliphatic carbocycles. The fourth-order valence-corrected chi connectivity index (χ4v) is 4.87. The summed E-state index contributed by atoms with van der Waals surface area (Å²) < 4.78 is 2.01. The van der Waals surface area contributed by atoms with Gasteiger partial charge in [-0.3, -0.25) is 5.43 Å². The van der Waals surface area contributed by atoms with Crippen molar-refractivity contribution in [1.82, 2.24) is 9.99 Å². The Morgan fingerprint density at radius 3 is 2.84 bits per heavy atom. The van der Waals surface area contributed by atoms with Gasteiger partial charge in [-0.25, -0.2) is 4.79 Å². The van der Waals surface area contributed by atoms with Gasteiger partial charge in [-0.1, -0.05) is 0 Å². The van der Waals surface area contributed by atoms with Gasteiger partial charge in [0.2, 0.25) is 0 Å². The first kappa shape index (κ1) is 17.6. The van der Waals surface area contributed by atoms with Gasteiger partial charge in [-0.05, 0) is 63.4 Å². The number of rotatable bonds is 4. The number of aromatic carboxylic acids is 1. The zero-order valence-electron chi connectivity index (χ0n) is 14.1. The van der Waals surface area contributed by atoms with Crippen LogP contribution in [0.3, 0.4) is 0 Å². The molecule has 8 heteroatoms. The average molecular weight is 377 g/mol. The molecule has 1 aliphatic rings. The van der Waals surface area contributed by atoms with E-state index in [0.29, 0.717) is 5.56 Å². The predicted octanol–water partition coefficient (Wildman–Crippen LogP) is 2.90. The second-order valence-electron chi connectivity index (χ2n) is 6.09. The number of nitrogens with zero attached hydrogens (tertiary/aromatic N) is 2. The molecule has 25 heavy (non-hydrogen) atoms. The first-order valence-electron chi connectivity index (χ1n) is 8.05. The van der Waals surface area contributed by atoms with E-state index in [0.717, 1.165) is 53.2 Å². The quantitative estimate of drug-likeness (QED) is 0.433. The van der Waals surface area contributed by atoms with E-state index < -0.39 is 5.97 Å². The molecule has 0 bridgehead atoms. The van der Waals surface area contributed by atoms with E-state index in [4.69, 9.17) is 18.0 Å². The number of aryl methyl sites for hydroxylation is 2. The molecule has 0 amide bonds. The van der Waals surface area contributed by atoms with Crippen molar-refractivity contribution in [3.63, 3.8) is 0 Å². The van der Waals surface area contributed by atoms with Crippen molar-refractivity contribution in [2.45, 2.75) is 39.5 Å². The summed E-state index contributed by atoms with van der Waals surface area (Å²) in [6, 6.07) is 1.98. The maximum atomic E-state index is 11.9. The topological polar surface area (TPSA) is 92.6 Å². The third-order valence-corrected chi connectivity index (χ3v) is 5.79. The maximum absolute atomic E-state index is 11.9. The van der Waals surface area contributed by atoms with Gasteiger partial charge in [0.15, 0.2) is 5.11 Å². The van der Waals surface area contributed by atoms with Gasteiger partial charge in [0.1, 0.15) is 5.00 Å². The lowest BCUT2D eigenvalue weighted by Gasteiger charge is -2.11. The highest BCUT2D eigenvalue weighted by Crippen LogP contribution is 2.38. The van der Waals surface area contributed by atoms with Crippen molar-refractivity contribution < 1.29 is 9.90 Å². The van der Waals surface area contributed by atoms with Crippen LogP contribution >= 0.6 is 23.6 Å². The Morgan fingerprint density at radius 1 is 1.44 bits per heavy atom. The number of hydrazone groups is 1. The lowest BCUT2D eigenvalue weighted by Crippen LogP contribution is -2.24. The van der Waals surface area contributed by atoms with Crippen LogP contribution < -0.4 is 11.2 Å². The molecule has 4 N–H and O–H groups in total. The lowest BCUT2D eigenvalue weighted by molar-refractivity contribution is 0.0696. The van der Waals surface area contributed by atoms with Crippen molar-refractivity contribution in [1.29, 1.82) is 0 Å². The highest BCUT2D eigenvalue weighted by molar-refractivity contribution is 7.80. The molecule has 0 radical (unpaired) electrons. The number of aromatic nitrogens is 1. The molecule has 0 atom stereocenters. The number of thiocarbonyl (C=S) groups is 1. The van der Waals surface area contributed by atoms with Crippen molar-refractivity contribution in [3.05, 3.63) is 39.0 Å². The number of thiophene rings is 1. The van der Waals surface area contributed by atoms with Gasteiger partial charge in [0.05, 0.1) is 11.8 Å². The van der Waals surface area contributed by atoms with Gasteiger partial charge < -0.3 is 15.4 Å². The monoisotopic (exact) mass is 376 g/mol. The molecule has 0 aliphatic heterocycles. The minimum absolute atomic E-state index is 0.101. The second kappa shape index (κ2) is 6.97. The van der Waals surface area contributed by atoms with E-state index in [-0.39, 0.29) is 5.11 Å². The molecule has 6 nitrogen and oxygen atoms in total. The molecular formula is C17H20N4O2S2. The van der Waals surface area contributed by atoms with E-state index in [1.165, 1.54) is 4.88 Å². The van der Waals surface area contributed by atoms with Crippen LogP contribution in [0, 0.1) is 13.8 Å². The van der Waals surface area contributed by atoms with Crippen LogP contribution in [0.25, 0.3) is 5.00 Å². The molecule has 0 spiro atoms. The second-order valence-corrected chi connectivity index (χ2v) is 7.62. The molecule has 3 rings (SSSR count). The van der Waals surface area contributed by atoms with Crippen LogP contribution in [0.2, 0.25) is 0 Å². The average Bonchev–Trinajstić information content (AvgIpc) is 3.04. The normalized spacial score (nSPS) is 13.8. The van der Waals surface area contributed by atoms with E-state index in [1.54, 1.807) is 17.6 Å². The number of carbonyl (C=O) groups is 1. The molecular weight excluding hydrogens is 356 g/mol. The first-order valence-corrected chi connectivity index (χ1v) is 9.28. The van der Waals surface area contributed by atoms with Crippen LogP contribution in [0.5, 0.6) is 0 Å². The number of nitrogens with two attached hydrogens (primary N) is 1. The van der Waals surface area contributed by atoms with Crippen molar-refractivity contribution in [3.8, 4) is 5.00 Å².